The van der Waals surface area contributed by atoms with Crippen LogP contribution in [0.25, 0.3) is 0 Å². The van der Waals surface area contributed by atoms with Gasteiger partial charge in [-0.3, -0.25) is 29.7 Å². The van der Waals surface area contributed by atoms with Crippen LogP contribution >= 0.6 is 0 Å². The van der Waals surface area contributed by atoms with E-state index in [1.165, 1.54) is 43.5 Å². The topological polar surface area (TPSA) is 181 Å². The molecule has 180 valence electrons. The molecule has 1 amide bonds. The van der Waals surface area contributed by atoms with Gasteiger partial charge in [-0.05, 0) is 31.2 Å². The molecular formula is C21H18N6O8. The second-order valence-corrected chi connectivity index (χ2v) is 6.91. The fraction of sp³-hybridized carbons (Fsp3) is 0.143. The van der Waals surface area contributed by atoms with Crippen molar-refractivity contribution in [2.24, 2.45) is 5.10 Å². The summed E-state index contributed by atoms with van der Waals surface area (Å²) in [5, 5.41) is 29.6. The number of methoxy groups -OCH3 is 1. The van der Waals surface area contributed by atoms with E-state index in [-0.39, 0.29) is 29.3 Å². The number of esters is 1. The summed E-state index contributed by atoms with van der Waals surface area (Å²) in [4.78, 5) is 45.1. The molecule has 1 aromatic heterocycles. The van der Waals surface area contributed by atoms with E-state index in [1.54, 1.807) is 13.0 Å². The van der Waals surface area contributed by atoms with Crippen LogP contribution in [0.4, 0.5) is 11.4 Å². The van der Waals surface area contributed by atoms with Crippen LogP contribution in [-0.4, -0.2) is 44.3 Å². The number of carbonyl (C=O) groups excluding carboxylic acids is 2. The van der Waals surface area contributed by atoms with Crippen LogP contribution in [0.5, 0.6) is 11.5 Å². The summed E-state index contributed by atoms with van der Waals surface area (Å²) in [6, 6.07) is 9.86. The first kappa shape index (κ1) is 24.5. The molecule has 0 spiro atoms. The van der Waals surface area contributed by atoms with Crippen LogP contribution in [0, 0.1) is 20.2 Å². The predicted octanol–water partition coefficient (Wildman–Crippen LogP) is 2.47. The summed E-state index contributed by atoms with van der Waals surface area (Å²) in [5.41, 5.74) is 2.36. The molecule has 3 aromatic rings. The van der Waals surface area contributed by atoms with Crippen LogP contribution in [0.1, 0.15) is 22.8 Å². The van der Waals surface area contributed by atoms with Gasteiger partial charge < -0.3 is 9.47 Å². The summed E-state index contributed by atoms with van der Waals surface area (Å²) in [6.07, 6.45) is 2.14. The summed E-state index contributed by atoms with van der Waals surface area (Å²) < 4.78 is 11.7. The third-order valence-corrected chi connectivity index (χ3v) is 4.59. The van der Waals surface area contributed by atoms with Crippen molar-refractivity contribution >= 4 is 29.0 Å². The highest BCUT2D eigenvalue weighted by molar-refractivity contribution is 6.00. The molecule has 0 saturated heterocycles. The van der Waals surface area contributed by atoms with Crippen molar-refractivity contribution in [1.29, 1.82) is 0 Å². The lowest BCUT2D eigenvalue weighted by Crippen LogP contribution is -2.24. The molecule has 2 aromatic carbocycles. The first-order chi connectivity index (χ1) is 16.7. The normalized spacial score (nSPS) is 11.0. The van der Waals surface area contributed by atoms with E-state index >= 15 is 0 Å². The number of para-hydroxylation sites is 1. The molecule has 0 aliphatic heterocycles. The average molecular weight is 482 g/mol. The van der Waals surface area contributed by atoms with Gasteiger partial charge in [-0.1, -0.05) is 12.1 Å². The monoisotopic (exact) mass is 482 g/mol. The van der Waals surface area contributed by atoms with Gasteiger partial charge in [0.15, 0.2) is 11.5 Å². The van der Waals surface area contributed by atoms with Crippen molar-refractivity contribution in [1.82, 2.24) is 15.2 Å². The molecule has 35 heavy (non-hydrogen) atoms. The number of aromatic nitrogens is 2. The number of hydrogen-bond acceptors (Lipinski definition) is 10. The summed E-state index contributed by atoms with van der Waals surface area (Å²) in [7, 11) is 1.35. The smallest absolute Gasteiger partial charge is 0.350 e. The fourth-order valence-corrected chi connectivity index (χ4v) is 2.86. The Morgan fingerprint density at radius 2 is 1.86 bits per heavy atom. The number of nitro benzene ring substituents is 1. The standard InChI is InChI=1S/C21H18N6O8/c1-13(23-24-20(28)12-25-11-15(10-22-25)26(30)31)14-7-8-18(19(9-14)34-2)35-21(29)16-5-3-4-6-17(16)27(32)33/h3-11H,12H2,1-2H3,(H,24,28)/b23-13+. The Kier molecular flexibility index (Phi) is 7.46. The second kappa shape index (κ2) is 10.7. The number of nitro groups is 2. The maximum Gasteiger partial charge on any atom is 0.350 e. The molecule has 0 fully saturated rings. The van der Waals surface area contributed by atoms with Crippen molar-refractivity contribution < 1.29 is 28.9 Å². The number of ether oxygens (including phenoxy) is 2. The Morgan fingerprint density at radius 1 is 1.11 bits per heavy atom. The van der Waals surface area contributed by atoms with Gasteiger partial charge in [0.25, 0.3) is 11.6 Å². The lowest BCUT2D eigenvalue weighted by atomic mass is 10.1. The van der Waals surface area contributed by atoms with Crippen LogP contribution in [0.15, 0.2) is 60.0 Å². The number of benzene rings is 2. The number of nitrogens with zero attached hydrogens (tertiary/aromatic N) is 5. The molecule has 1 heterocycles. The van der Waals surface area contributed by atoms with E-state index in [2.05, 4.69) is 15.6 Å². The third kappa shape index (κ3) is 6.01. The number of amides is 1. The van der Waals surface area contributed by atoms with Gasteiger partial charge in [-0.25, -0.2) is 10.2 Å². The van der Waals surface area contributed by atoms with E-state index in [1.807, 2.05) is 0 Å². The van der Waals surface area contributed by atoms with E-state index in [0.29, 0.717) is 11.3 Å². The van der Waals surface area contributed by atoms with E-state index in [4.69, 9.17) is 9.47 Å². The molecule has 14 heteroatoms. The van der Waals surface area contributed by atoms with Crippen molar-refractivity contribution in [3.63, 3.8) is 0 Å². The van der Waals surface area contributed by atoms with Gasteiger partial charge in [-0.15, -0.1) is 0 Å². The van der Waals surface area contributed by atoms with Crippen LogP contribution in [0.2, 0.25) is 0 Å². The zero-order valence-electron chi connectivity index (χ0n) is 18.4. The number of hydrazone groups is 1. The lowest BCUT2D eigenvalue weighted by Gasteiger charge is -2.11. The molecule has 0 radical (unpaired) electrons. The van der Waals surface area contributed by atoms with Crippen molar-refractivity contribution in [3.8, 4) is 11.5 Å². The van der Waals surface area contributed by atoms with E-state index < -0.39 is 27.4 Å². The predicted molar refractivity (Wildman–Crippen MR) is 120 cm³/mol. The summed E-state index contributed by atoms with van der Waals surface area (Å²) in [6.45, 7) is 1.32. The fourth-order valence-electron chi connectivity index (χ4n) is 2.86. The summed E-state index contributed by atoms with van der Waals surface area (Å²) >= 11 is 0. The van der Waals surface area contributed by atoms with Gasteiger partial charge in [-0.2, -0.15) is 10.2 Å². The molecule has 0 saturated carbocycles. The highest BCUT2D eigenvalue weighted by Gasteiger charge is 2.22. The molecular weight excluding hydrogens is 464 g/mol. The molecule has 3 rings (SSSR count). The zero-order chi connectivity index (χ0) is 25.5. The van der Waals surface area contributed by atoms with Crippen molar-refractivity contribution in [2.45, 2.75) is 13.5 Å². The quantitative estimate of drug-likeness (QED) is 0.157. The number of hydrogen-bond donors (Lipinski definition) is 1. The van der Waals surface area contributed by atoms with E-state index in [9.17, 15) is 29.8 Å². The Hall–Kier alpha value is -5.14. The number of carbonyl (C=O) groups is 2. The summed E-state index contributed by atoms with van der Waals surface area (Å²) in [5.74, 6) is -1.32. The minimum Gasteiger partial charge on any atom is -0.493 e. The molecule has 0 atom stereocenters. The Morgan fingerprint density at radius 3 is 2.51 bits per heavy atom. The lowest BCUT2D eigenvalue weighted by molar-refractivity contribution is -0.385. The van der Waals surface area contributed by atoms with Gasteiger partial charge in [0.2, 0.25) is 0 Å². The Labute approximate surface area is 197 Å². The first-order valence-corrected chi connectivity index (χ1v) is 9.83. The van der Waals surface area contributed by atoms with Gasteiger partial charge in [0.05, 0.1) is 22.7 Å². The Bertz CT molecular complexity index is 1330. The minimum atomic E-state index is -0.931. The molecule has 0 bridgehead atoms. The largest absolute Gasteiger partial charge is 0.493 e. The van der Waals surface area contributed by atoms with Crippen LogP contribution in [0.3, 0.4) is 0 Å². The average Bonchev–Trinajstić information content (AvgIpc) is 3.31. The first-order valence-electron chi connectivity index (χ1n) is 9.83. The molecule has 14 nitrogen and oxygen atoms in total. The van der Waals surface area contributed by atoms with Crippen molar-refractivity contribution in [2.75, 3.05) is 7.11 Å². The highest BCUT2D eigenvalue weighted by atomic mass is 16.6. The number of nitrogens with one attached hydrogen (secondary N) is 1. The minimum absolute atomic E-state index is 0.0245. The molecule has 0 aliphatic carbocycles. The van der Waals surface area contributed by atoms with Crippen LogP contribution in [-0.2, 0) is 11.3 Å². The maximum absolute atomic E-state index is 12.5. The zero-order valence-corrected chi connectivity index (χ0v) is 18.4. The Balaban J connectivity index is 1.70. The van der Waals surface area contributed by atoms with Crippen molar-refractivity contribution in [3.05, 3.63) is 86.2 Å². The van der Waals surface area contributed by atoms with Gasteiger partial charge >= 0.3 is 11.7 Å². The highest BCUT2D eigenvalue weighted by Crippen LogP contribution is 2.30. The maximum atomic E-state index is 12.5. The molecule has 0 aliphatic rings. The molecule has 0 unspecified atom stereocenters. The third-order valence-electron chi connectivity index (χ3n) is 4.59. The van der Waals surface area contributed by atoms with Gasteiger partial charge in [0, 0.05) is 11.6 Å². The molecule has 1 N–H and O–H groups in total. The van der Waals surface area contributed by atoms with Gasteiger partial charge in [0.1, 0.15) is 24.5 Å². The van der Waals surface area contributed by atoms with E-state index in [0.717, 1.165) is 17.1 Å². The van der Waals surface area contributed by atoms with Crippen LogP contribution < -0.4 is 14.9 Å². The number of rotatable bonds is 9. The SMILES string of the molecule is COc1cc(/C(C)=N/NC(=O)Cn2cc([N+](=O)[O-])cn2)ccc1OC(=O)c1ccccc1[N+](=O)[O-]. The second-order valence-electron chi connectivity index (χ2n) is 6.91.